The van der Waals surface area contributed by atoms with Gasteiger partial charge in [0.05, 0.1) is 49.3 Å². The second kappa shape index (κ2) is 19.8. The van der Waals surface area contributed by atoms with Crippen LogP contribution in [-0.4, -0.2) is 139 Å². The van der Waals surface area contributed by atoms with Crippen LogP contribution in [0.15, 0.2) is 64.4 Å². The fourth-order valence-electron chi connectivity index (χ4n) is 11.5. The molecule has 8 unspecified atom stereocenters. The van der Waals surface area contributed by atoms with E-state index in [4.69, 9.17) is 47.4 Å². The first-order valence-electron chi connectivity index (χ1n) is 23.6. The van der Waals surface area contributed by atoms with E-state index in [0.29, 0.717) is 49.2 Å². The van der Waals surface area contributed by atoms with Gasteiger partial charge in [0.25, 0.3) is 0 Å². The fourth-order valence-corrected chi connectivity index (χ4v) is 11.5. The summed E-state index contributed by atoms with van der Waals surface area (Å²) in [6.07, 6.45) is 13.4. The standard InChI is InChI=1S/C49H71NO14/c1-26-12-11-15-33-25-57-46-41(50-54)29(4)20-36(49(33,46)53)47(52)60-35-21-34(63-48(24-35)19-18-28(3)44(64-48)32-13-9-10-14-32)17-16-27(2)43(26)61-40-23-38(56-8)45(31(6)59-40)62-39-22-37(55-7)42(51)30(5)58-39/h11-12,15-16,18-20,26,28,30-32,34-40,42-46,51,53-54H,9-10,13-14,17,21-25H2,1-8H3/b12-11+,27-16+,33-15+,50-41+/t26?,28-,30+,31-,34?,35?,36?,37+,38-,39+,40?,42+,43+,44?,45-,46?,48?,49-/m1/s1. The van der Waals surface area contributed by atoms with Gasteiger partial charge in [-0.1, -0.05) is 68.3 Å². The van der Waals surface area contributed by atoms with Crippen LogP contribution in [0.2, 0.25) is 0 Å². The van der Waals surface area contributed by atoms with Crippen LogP contribution in [0.5, 0.6) is 0 Å². The molecule has 5 fully saturated rings. The molecule has 0 aromatic rings. The summed E-state index contributed by atoms with van der Waals surface area (Å²) in [5.74, 6) is -2.40. The number of aliphatic hydroxyl groups excluding tert-OH is 1. The average Bonchev–Trinajstić information content (AvgIpc) is 3.93. The van der Waals surface area contributed by atoms with Gasteiger partial charge in [0.15, 0.2) is 18.4 Å². The van der Waals surface area contributed by atoms with Crippen molar-refractivity contribution in [3.05, 3.63) is 59.3 Å². The molecular weight excluding hydrogens is 827 g/mol. The number of esters is 1. The van der Waals surface area contributed by atoms with Crippen molar-refractivity contribution in [2.75, 3.05) is 20.8 Å². The lowest BCUT2D eigenvalue weighted by Crippen LogP contribution is -2.57. The largest absolute Gasteiger partial charge is 0.462 e. The highest BCUT2D eigenvalue weighted by Gasteiger charge is 2.60. The van der Waals surface area contributed by atoms with Crippen LogP contribution in [0.4, 0.5) is 0 Å². The highest BCUT2D eigenvalue weighted by molar-refractivity contribution is 6.06. The lowest BCUT2D eigenvalue weighted by molar-refractivity contribution is -0.318. The molecule has 3 N–H and O–H groups in total. The Hall–Kier alpha value is -2.80. The number of carbonyl (C=O) groups is 1. The number of aliphatic hydroxyl groups is 2. The molecule has 1 saturated carbocycles. The molecule has 6 aliphatic heterocycles. The Kier molecular flexibility index (Phi) is 14.8. The number of oxime groups is 1. The number of carbonyl (C=O) groups excluding carboxylic acids is 1. The van der Waals surface area contributed by atoms with Crippen LogP contribution >= 0.6 is 0 Å². The minimum absolute atomic E-state index is 0.0114. The van der Waals surface area contributed by atoms with Crippen molar-refractivity contribution < 1.29 is 67.6 Å². The molecule has 0 amide bonds. The van der Waals surface area contributed by atoms with E-state index in [1.165, 1.54) is 12.8 Å². The van der Waals surface area contributed by atoms with Crippen molar-refractivity contribution in [3.63, 3.8) is 0 Å². The number of rotatable bonds is 7. The monoisotopic (exact) mass is 897 g/mol. The Labute approximate surface area is 377 Å². The van der Waals surface area contributed by atoms with Crippen molar-refractivity contribution >= 4 is 11.7 Å². The van der Waals surface area contributed by atoms with E-state index < -0.39 is 84.7 Å². The molecule has 15 nitrogen and oxygen atoms in total. The Morgan fingerprint density at radius 2 is 1.59 bits per heavy atom. The van der Waals surface area contributed by atoms with Crippen molar-refractivity contribution in [1.82, 2.24) is 0 Å². The highest BCUT2D eigenvalue weighted by Crippen LogP contribution is 2.47. The van der Waals surface area contributed by atoms with E-state index in [2.05, 4.69) is 31.2 Å². The van der Waals surface area contributed by atoms with Crippen LogP contribution in [0.25, 0.3) is 0 Å². The van der Waals surface area contributed by atoms with Gasteiger partial charge in [-0.15, -0.1) is 0 Å². The SMILES string of the molecule is CO[C@H]1C[C@H](O[C@@H]2[C@@H](C)OC(O[C@@H]3/C(C)=C/CC4CC(CC5(C=C[C@@H](C)C(C6CCCC6)O5)O4)OC(=O)C4C=C(C)/C(=N\O)C5OC/C(=C\C=C\C3C)[C@@]45O)C[C@H]2OC)O[C@@H](C)[C@@H]1O. The molecule has 18 atom stereocenters. The summed E-state index contributed by atoms with van der Waals surface area (Å²) in [5.41, 5.74) is 0.238. The first kappa shape index (κ1) is 47.7. The maximum Gasteiger partial charge on any atom is 0.316 e. The minimum atomic E-state index is -1.87. The zero-order valence-corrected chi connectivity index (χ0v) is 38.7. The first-order valence-corrected chi connectivity index (χ1v) is 23.6. The Balaban J connectivity index is 1.09. The normalized spacial score (nSPS) is 48.5. The molecule has 15 heteroatoms. The smallest absolute Gasteiger partial charge is 0.316 e. The van der Waals surface area contributed by atoms with Crippen molar-refractivity contribution in [2.24, 2.45) is 28.8 Å². The molecule has 2 bridgehead atoms. The zero-order valence-electron chi connectivity index (χ0n) is 38.7. The summed E-state index contributed by atoms with van der Waals surface area (Å²) >= 11 is 0. The van der Waals surface area contributed by atoms with Gasteiger partial charge in [-0.25, -0.2) is 0 Å². The molecule has 356 valence electrons. The van der Waals surface area contributed by atoms with E-state index in [1.807, 2.05) is 32.1 Å². The van der Waals surface area contributed by atoms with Gasteiger partial charge in [-0.3, -0.25) is 4.79 Å². The molecule has 4 saturated heterocycles. The second-order valence-electron chi connectivity index (χ2n) is 19.6. The Bertz CT molecular complexity index is 1860. The summed E-state index contributed by atoms with van der Waals surface area (Å²) in [7, 11) is 3.22. The van der Waals surface area contributed by atoms with E-state index in [0.717, 1.165) is 18.4 Å². The minimum Gasteiger partial charge on any atom is -0.462 e. The number of ether oxygens (including phenoxy) is 10. The molecule has 0 radical (unpaired) electrons. The maximum atomic E-state index is 14.5. The number of fused-ring (bicyclic) bond motifs is 2. The lowest BCUT2D eigenvalue weighted by Gasteiger charge is -2.48. The van der Waals surface area contributed by atoms with Crippen LogP contribution in [0.3, 0.4) is 0 Å². The van der Waals surface area contributed by atoms with Crippen LogP contribution in [0, 0.1) is 23.7 Å². The van der Waals surface area contributed by atoms with Gasteiger partial charge in [-0.2, -0.15) is 0 Å². The maximum absolute atomic E-state index is 14.5. The number of nitrogens with zero attached hydrogens (tertiary/aromatic N) is 1. The third-order valence-electron chi connectivity index (χ3n) is 15.1. The molecule has 64 heavy (non-hydrogen) atoms. The Morgan fingerprint density at radius 3 is 2.33 bits per heavy atom. The zero-order chi connectivity index (χ0) is 45.5. The molecule has 0 aromatic carbocycles. The second-order valence-corrected chi connectivity index (χ2v) is 19.6. The molecular formula is C49H71NO14. The summed E-state index contributed by atoms with van der Waals surface area (Å²) in [4.78, 5) is 14.5. The van der Waals surface area contributed by atoms with Gasteiger partial charge < -0.3 is 62.8 Å². The highest BCUT2D eigenvalue weighted by atomic mass is 16.7. The quantitative estimate of drug-likeness (QED) is 0.117. The van der Waals surface area contributed by atoms with Gasteiger partial charge in [0, 0.05) is 51.7 Å². The van der Waals surface area contributed by atoms with Gasteiger partial charge in [0.1, 0.15) is 41.6 Å². The molecule has 2 aliphatic carbocycles. The molecule has 6 heterocycles. The summed E-state index contributed by atoms with van der Waals surface area (Å²) in [6.45, 7) is 11.8. The molecule has 0 aromatic heterocycles. The van der Waals surface area contributed by atoms with Crippen molar-refractivity contribution in [3.8, 4) is 0 Å². The topological polar surface area (TPSA) is 182 Å². The third kappa shape index (κ3) is 9.51. The average molecular weight is 898 g/mol. The van der Waals surface area contributed by atoms with Crippen LogP contribution < -0.4 is 0 Å². The summed E-state index contributed by atoms with van der Waals surface area (Å²) in [5, 5.41) is 36.7. The number of methoxy groups -OCH3 is 2. The number of hydrogen-bond donors (Lipinski definition) is 3. The third-order valence-corrected chi connectivity index (χ3v) is 15.1. The summed E-state index contributed by atoms with van der Waals surface area (Å²) < 4.78 is 64.1. The first-order chi connectivity index (χ1) is 30.7. The molecule has 1 spiro atoms. The van der Waals surface area contributed by atoms with Crippen molar-refractivity contribution in [2.45, 2.75) is 190 Å². The predicted molar refractivity (Wildman–Crippen MR) is 233 cm³/mol. The van der Waals surface area contributed by atoms with Crippen LogP contribution in [0.1, 0.15) is 99.3 Å². The summed E-state index contributed by atoms with van der Waals surface area (Å²) in [6, 6.07) is 0. The molecule has 8 rings (SSSR count). The predicted octanol–water partition coefficient (Wildman–Crippen LogP) is 5.99. The number of hydrogen-bond acceptors (Lipinski definition) is 15. The van der Waals surface area contributed by atoms with E-state index in [1.54, 1.807) is 40.2 Å². The van der Waals surface area contributed by atoms with Crippen molar-refractivity contribution in [1.29, 1.82) is 0 Å². The molecule has 8 aliphatic rings. The van der Waals surface area contributed by atoms with Gasteiger partial charge in [0.2, 0.25) is 0 Å². The van der Waals surface area contributed by atoms with Gasteiger partial charge >= 0.3 is 5.97 Å². The van der Waals surface area contributed by atoms with Crippen LogP contribution in [-0.2, 0) is 52.2 Å². The van der Waals surface area contributed by atoms with E-state index >= 15 is 0 Å². The lowest BCUT2D eigenvalue weighted by atomic mass is 9.71. The number of allylic oxidation sites excluding steroid dienone is 2. The van der Waals surface area contributed by atoms with Gasteiger partial charge in [-0.05, 0) is 75.7 Å². The fraction of sp³-hybridized carbons (Fsp3) is 0.755. The van der Waals surface area contributed by atoms with E-state index in [-0.39, 0.29) is 42.5 Å². The Morgan fingerprint density at radius 1 is 0.875 bits per heavy atom. The van der Waals surface area contributed by atoms with E-state index in [9.17, 15) is 20.2 Å².